The summed E-state index contributed by atoms with van der Waals surface area (Å²) in [4.78, 5) is 39.0. The Kier molecular flexibility index (Phi) is 8.93. The summed E-state index contributed by atoms with van der Waals surface area (Å²) >= 11 is 0. The molecule has 2 aromatic rings. The van der Waals surface area contributed by atoms with E-state index in [1.165, 1.54) is 4.90 Å². The molecule has 180 valence electrons. The molecule has 8 heteroatoms. The second-order valence-electron chi connectivity index (χ2n) is 8.45. The first kappa shape index (κ1) is 26.3. The molecule has 2 rings (SSSR count). The lowest BCUT2D eigenvalue weighted by molar-refractivity contribution is -0.151. The quantitative estimate of drug-likeness (QED) is 0.536. The Morgan fingerprint density at radius 3 is 2.21 bits per heavy atom. The first-order valence-corrected chi connectivity index (χ1v) is 11.4. The topological polar surface area (TPSA) is 102 Å². The van der Waals surface area contributed by atoms with Gasteiger partial charge < -0.3 is 9.26 Å². The first-order valence-electron chi connectivity index (χ1n) is 11.4. The zero-order chi connectivity index (χ0) is 24.8. The van der Waals surface area contributed by atoms with Crippen molar-refractivity contribution in [1.29, 1.82) is 0 Å². The molecule has 1 heterocycles. The molecule has 33 heavy (non-hydrogen) atoms. The zero-order valence-electron chi connectivity index (χ0n) is 20.7. The van der Waals surface area contributed by atoms with Crippen molar-refractivity contribution in [2.75, 3.05) is 13.2 Å². The largest absolute Gasteiger partial charge is 0.465 e. The summed E-state index contributed by atoms with van der Waals surface area (Å²) in [6.45, 7) is 13.0. The van der Waals surface area contributed by atoms with Crippen LogP contribution in [0.1, 0.15) is 70.5 Å². The van der Waals surface area contributed by atoms with Crippen molar-refractivity contribution in [3.63, 3.8) is 0 Å². The van der Waals surface area contributed by atoms with Gasteiger partial charge in [-0.15, -0.1) is 0 Å². The molecule has 0 unspecified atom stereocenters. The Bertz CT molecular complexity index is 959. The lowest BCUT2D eigenvalue weighted by atomic mass is 9.95. The molecule has 0 bridgehead atoms. The smallest absolute Gasteiger partial charge is 0.325 e. The Labute approximate surface area is 195 Å². The SMILES string of the molecule is CCOC(=O)C(C)(C)N[C@@H](CC(=O)N(CC)C(=O)CC)c1ccc(-c2c(C)noc2C)cc1. The molecule has 0 aliphatic carbocycles. The van der Waals surface area contributed by atoms with Gasteiger partial charge in [0.2, 0.25) is 11.8 Å². The maximum Gasteiger partial charge on any atom is 0.325 e. The van der Waals surface area contributed by atoms with Gasteiger partial charge in [-0.2, -0.15) is 0 Å². The van der Waals surface area contributed by atoms with Crippen molar-refractivity contribution in [2.45, 2.75) is 72.9 Å². The fourth-order valence-corrected chi connectivity index (χ4v) is 3.80. The van der Waals surface area contributed by atoms with Gasteiger partial charge in [0.1, 0.15) is 11.3 Å². The molecule has 2 amide bonds. The van der Waals surface area contributed by atoms with Crippen LogP contribution in [0.4, 0.5) is 0 Å². The Morgan fingerprint density at radius 2 is 1.73 bits per heavy atom. The average Bonchev–Trinajstić information content (AvgIpc) is 3.11. The second kappa shape index (κ2) is 11.2. The van der Waals surface area contributed by atoms with Crippen molar-refractivity contribution in [1.82, 2.24) is 15.4 Å². The fraction of sp³-hybridized carbons (Fsp3) is 0.520. The summed E-state index contributed by atoms with van der Waals surface area (Å²) < 4.78 is 10.5. The molecule has 0 radical (unpaired) electrons. The van der Waals surface area contributed by atoms with Crippen LogP contribution in [0.3, 0.4) is 0 Å². The summed E-state index contributed by atoms with van der Waals surface area (Å²) in [5, 5.41) is 7.28. The molecule has 1 atom stereocenters. The number of aromatic nitrogens is 1. The molecule has 0 spiro atoms. The third kappa shape index (κ3) is 6.28. The molecule has 1 aromatic heterocycles. The minimum atomic E-state index is -1.03. The van der Waals surface area contributed by atoms with Gasteiger partial charge in [-0.05, 0) is 52.7 Å². The zero-order valence-corrected chi connectivity index (χ0v) is 20.7. The molecular formula is C25H35N3O5. The summed E-state index contributed by atoms with van der Waals surface area (Å²) in [6, 6.07) is 7.19. The van der Waals surface area contributed by atoms with Crippen LogP contribution in [-0.2, 0) is 19.1 Å². The molecule has 1 N–H and O–H groups in total. The van der Waals surface area contributed by atoms with Crippen molar-refractivity contribution >= 4 is 17.8 Å². The number of hydrogen-bond acceptors (Lipinski definition) is 7. The number of hydrogen-bond donors (Lipinski definition) is 1. The van der Waals surface area contributed by atoms with E-state index in [1.54, 1.807) is 34.6 Å². The van der Waals surface area contributed by atoms with Crippen LogP contribution in [-0.4, -0.2) is 46.5 Å². The number of imide groups is 1. The van der Waals surface area contributed by atoms with E-state index >= 15 is 0 Å². The third-order valence-electron chi connectivity index (χ3n) is 5.56. The van der Waals surface area contributed by atoms with Gasteiger partial charge in [0.25, 0.3) is 0 Å². The first-order chi connectivity index (χ1) is 15.5. The number of rotatable bonds is 10. The van der Waals surface area contributed by atoms with Crippen LogP contribution in [0.15, 0.2) is 28.8 Å². The molecule has 0 saturated carbocycles. The molecule has 0 aliphatic heterocycles. The van der Waals surface area contributed by atoms with Gasteiger partial charge in [0.05, 0.1) is 12.3 Å². The molecular weight excluding hydrogens is 422 g/mol. The Morgan fingerprint density at radius 1 is 1.09 bits per heavy atom. The van der Waals surface area contributed by atoms with Gasteiger partial charge >= 0.3 is 5.97 Å². The molecule has 0 saturated heterocycles. The maximum atomic E-state index is 13.0. The predicted molar refractivity (Wildman–Crippen MR) is 125 cm³/mol. The third-order valence-corrected chi connectivity index (χ3v) is 5.56. The Hall–Kier alpha value is -3.00. The summed E-state index contributed by atoms with van der Waals surface area (Å²) in [6.07, 6.45) is 0.269. The highest BCUT2D eigenvalue weighted by Gasteiger charge is 2.34. The summed E-state index contributed by atoms with van der Waals surface area (Å²) in [5.74, 6) is -0.201. The van der Waals surface area contributed by atoms with Crippen LogP contribution < -0.4 is 5.32 Å². The number of benzene rings is 1. The molecule has 0 fully saturated rings. The van der Waals surface area contributed by atoms with Crippen molar-refractivity contribution in [3.8, 4) is 11.1 Å². The van der Waals surface area contributed by atoms with E-state index in [0.717, 1.165) is 28.1 Å². The van der Waals surface area contributed by atoms with Gasteiger partial charge in [-0.25, -0.2) is 0 Å². The number of carbonyl (C=O) groups excluding carboxylic acids is 3. The molecule has 0 aliphatic rings. The number of carbonyl (C=O) groups is 3. The van der Waals surface area contributed by atoms with Crippen LogP contribution in [0.5, 0.6) is 0 Å². The van der Waals surface area contributed by atoms with E-state index in [4.69, 9.17) is 9.26 Å². The minimum Gasteiger partial charge on any atom is -0.465 e. The van der Waals surface area contributed by atoms with Crippen LogP contribution in [0.25, 0.3) is 11.1 Å². The van der Waals surface area contributed by atoms with Crippen LogP contribution in [0.2, 0.25) is 0 Å². The van der Waals surface area contributed by atoms with E-state index in [-0.39, 0.29) is 31.3 Å². The highest BCUT2D eigenvalue weighted by molar-refractivity contribution is 5.95. The lowest BCUT2D eigenvalue weighted by Gasteiger charge is -2.31. The van der Waals surface area contributed by atoms with E-state index < -0.39 is 17.6 Å². The van der Waals surface area contributed by atoms with Crippen LogP contribution >= 0.6 is 0 Å². The van der Waals surface area contributed by atoms with Gasteiger partial charge in [-0.3, -0.25) is 24.6 Å². The minimum absolute atomic E-state index is 0.0209. The average molecular weight is 458 g/mol. The standard InChI is InChI=1S/C25H35N3O5/c1-8-21(29)28(9-2)22(30)15-20(26-25(6,7)24(31)32-10-3)18-11-13-19(14-12-18)23-16(4)27-33-17(23)5/h11-14,20,26H,8-10,15H2,1-7H3/t20-/m0/s1. The van der Waals surface area contributed by atoms with Crippen LogP contribution in [0, 0.1) is 13.8 Å². The maximum absolute atomic E-state index is 13.0. The van der Waals surface area contributed by atoms with Gasteiger partial charge in [0.15, 0.2) is 0 Å². The second-order valence-corrected chi connectivity index (χ2v) is 8.45. The van der Waals surface area contributed by atoms with Crippen molar-refractivity contribution < 1.29 is 23.6 Å². The normalized spacial score (nSPS) is 12.3. The molecule has 1 aromatic carbocycles. The Balaban J connectivity index is 2.38. The predicted octanol–water partition coefficient (Wildman–Crippen LogP) is 4.11. The van der Waals surface area contributed by atoms with E-state index in [2.05, 4.69) is 10.5 Å². The monoisotopic (exact) mass is 457 g/mol. The summed E-state index contributed by atoms with van der Waals surface area (Å²) in [5.41, 5.74) is 2.45. The number of ether oxygens (including phenoxy) is 1. The lowest BCUT2D eigenvalue weighted by Crippen LogP contribution is -2.50. The van der Waals surface area contributed by atoms with Crippen molar-refractivity contribution in [3.05, 3.63) is 41.3 Å². The van der Waals surface area contributed by atoms with Gasteiger partial charge in [-0.1, -0.05) is 36.3 Å². The van der Waals surface area contributed by atoms with Gasteiger partial charge in [0, 0.05) is 31.0 Å². The molecule has 8 nitrogen and oxygen atoms in total. The number of aryl methyl sites for hydroxylation is 2. The van der Waals surface area contributed by atoms with Crippen molar-refractivity contribution in [2.24, 2.45) is 0 Å². The number of esters is 1. The highest BCUT2D eigenvalue weighted by Crippen LogP contribution is 2.29. The van der Waals surface area contributed by atoms with E-state index in [0.29, 0.717) is 6.54 Å². The van der Waals surface area contributed by atoms with E-state index in [9.17, 15) is 14.4 Å². The van der Waals surface area contributed by atoms with E-state index in [1.807, 2.05) is 38.1 Å². The number of nitrogens with zero attached hydrogens (tertiary/aromatic N) is 2. The highest BCUT2D eigenvalue weighted by atomic mass is 16.5. The summed E-state index contributed by atoms with van der Waals surface area (Å²) in [7, 11) is 0. The number of amides is 2. The fourth-order valence-electron chi connectivity index (χ4n) is 3.80. The number of nitrogens with one attached hydrogen (secondary N) is 1.